The van der Waals surface area contributed by atoms with Gasteiger partial charge in [0.05, 0.1) is 0 Å². The van der Waals surface area contributed by atoms with Crippen LogP contribution in [-0.4, -0.2) is 42.0 Å². The van der Waals surface area contributed by atoms with E-state index in [1.165, 1.54) is 36.9 Å². The van der Waals surface area contributed by atoms with Crippen LogP contribution in [0.15, 0.2) is 53.7 Å². The molecule has 2 aromatic rings. The van der Waals surface area contributed by atoms with Crippen LogP contribution in [-0.2, 0) is 19.5 Å². The van der Waals surface area contributed by atoms with Crippen molar-refractivity contribution < 1.29 is 0 Å². The molecule has 0 saturated carbocycles. The Kier molecular flexibility index (Phi) is 10.4. The Balaban J connectivity index is 0.00000300. The second-order valence-electron chi connectivity index (χ2n) is 7.56. The number of piperidine rings is 1. The van der Waals surface area contributed by atoms with Crippen molar-refractivity contribution in [2.75, 3.05) is 20.1 Å². The van der Waals surface area contributed by atoms with E-state index >= 15 is 0 Å². The van der Waals surface area contributed by atoms with Gasteiger partial charge >= 0.3 is 0 Å². The lowest BCUT2D eigenvalue weighted by Crippen LogP contribution is -2.38. The van der Waals surface area contributed by atoms with Gasteiger partial charge in [-0.25, -0.2) is 0 Å². The zero-order valence-electron chi connectivity index (χ0n) is 17.6. The SMILES string of the molecule is CN=C(NCCc1ccccn1)NCc1ccc(CN2CCCCC2C)cc1.I. The molecule has 1 fully saturated rings. The molecule has 0 amide bonds. The van der Waals surface area contributed by atoms with E-state index in [1.54, 1.807) is 7.05 Å². The van der Waals surface area contributed by atoms with Crippen LogP contribution in [0.1, 0.15) is 43.0 Å². The first-order valence-electron chi connectivity index (χ1n) is 10.4. The van der Waals surface area contributed by atoms with E-state index in [0.29, 0.717) is 6.04 Å². The first-order chi connectivity index (χ1) is 13.7. The summed E-state index contributed by atoms with van der Waals surface area (Å²) in [7, 11) is 1.80. The van der Waals surface area contributed by atoms with Crippen LogP contribution in [0, 0.1) is 0 Å². The molecule has 1 aliphatic heterocycles. The molecule has 0 spiro atoms. The maximum Gasteiger partial charge on any atom is 0.191 e. The summed E-state index contributed by atoms with van der Waals surface area (Å²) in [5.41, 5.74) is 3.75. The molecule has 1 saturated heterocycles. The largest absolute Gasteiger partial charge is 0.356 e. The molecule has 0 radical (unpaired) electrons. The fraction of sp³-hybridized carbons (Fsp3) is 0.478. The average Bonchev–Trinajstić information content (AvgIpc) is 2.74. The normalized spacial score (nSPS) is 17.4. The molecule has 158 valence electrons. The number of aromatic nitrogens is 1. The minimum atomic E-state index is 0. The second kappa shape index (κ2) is 12.8. The number of nitrogens with one attached hydrogen (secondary N) is 2. The van der Waals surface area contributed by atoms with Crippen molar-refractivity contribution in [1.29, 1.82) is 0 Å². The van der Waals surface area contributed by atoms with E-state index in [4.69, 9.17) is 0 Å². The van der Waals surface area contributed by atoms with Gasteiger partial charge in [0.25, 0.3) is 0 Å². The average molecular weight is 507 g/mol. The molecule has 2 N–H and O–H groups in total. The highest BCUT2D eigenvalue weighted by atomic mass is 127. The van der Waals surface area contributed by atoms with Gasteiger partial charge in [-0.3, -0.25) is 14.9 Å². The Morgan fingerprint density at radius 3 is 2.59 bits per heavy atom. The highest BCUT2D eigenvalue weighted by Crippen LogP contribution is 2.19. The predicted molar refractivity (Wildman–Crippen MR) is 132 cm³/mol. The van der Waals surface area contributed by atoms with Crippen molar-refractivity contribution in [2.45, 2.75) is 51.7 Å². The molecule has 1 unspecified atom stereocenters. The number of aliphatic imine (C=N–C) groups is 1. The van der Waals surface area contributed by atoms with Gasteiger partial charge in [0.1, 0.15) is 0 Å². The van der Waals surface area contributed by atoms with Crippen LogP contribution in [0.5, 0.6) is 0 Å². The fourth-order valence-corrected chi connectivity index (χ4v) is 3.65. The number of guanidine groups is 1. The van der Waals surface area contributed by atoms with E-state index in [-0.39, 0.29) is 24.0 Å². The highest BCUT2D eigenvalue weighted by Gasteiger charge is 2.17. The predicted octanol–water partition coefficient (Wildman–Crippen LogP) is 3.98. The van der Waals surface area contributed by atoms with Crippen LogP contribution >= 0.6 is 24.0 Å². The number of hydrogen-bond acceptors (Lipinski definition) is 3. The van der Waals surface area contributed by atoms with E-state index in [9.17, 15) is 0 Å². The van der Waals surface area contributed by atoms with Crippen molar-refractivity contribution in [3.05, 3.63) is 65.5 Å². The van der Waals surface area contributed by atoms with Crippen molar-refractivity contribution in [3.8, 4) is 0 Å². The Morgan fingerprint density at radius 1 is 1.10 bits per heavy atom. The van der Waals surface area contributed by atoms with Crippen molar-refractivity contribution in [3.63, 3.8) is 0 Å². The number of halogens is 1. The third-order valence-electron chi connectivity index (χ3n) is 5.43. The molecule has 1 aromatic carbocycles. The van der Waals surface area contributed by atoms with Crippen LogP contribution in [0.25, 0.3) is 0 Å². The molecule has 5 nitrogen and oxygen atoms in total. The molecule has 29 heavy (non-hydrogen) atoms. The lowest BCUT2D eigenvalue weighted by molar-refractivity contribution is 0.152. The minimum Gasteiger partial charge on any atom is -0.356 e. The van der Waals surface area contributed by atoms with Crippen LogP contribution in [0.3, 0.4) is 0 Å². The molecule has 3 rings (SSSR count). The number of rotatable bonds is 7. The molecular formula is C23H34IN5. The monoisotopic (exact) mass is 507 g/mol. The van der Waals surface area contributed by atoms with Gasteiger partial charge in [0, 0.05) is 51.0 Å². The number of pyridine rings is 1. The molecule has 1 atom stereocenters. The molecular weight excluding hydrogens is 473 g/mol. The van der Waals surface area contributed by atoms with E-state index in [0.717, 1.165) is 37.7 Å². The number of benzene rings is 1. The van der Waals surface area contributed by atoms with Gasteiger partial charge < -0.3 is 10.6 Å². The third kappa shape index (κ3) is 7.93. The Morgan fingerprint density at radius 2 is 1.90 bits per heavy atom. The zero-order valence-corrected chi connectivity index (χ0v) is 19.9. The number of likely N-dealkylation sites (tertiary alicyclic amines) is 1. The molecule has 1 aromatic heterocycles. The maximum atomic E-state index is 4.35. The molecule has 1 aliphatic rings. The summed E-state index contributed by atoms with van der Waals surface area (Å²) < 4.78 is 0. The summed E-state index contributed by atoms with van der Waals surface area (Å²) in [5, 5.41) is 6.74. The Labute approximate surface area is 192 Å². The van der Waals surface area contributed by atoms with Crippen LogP contribution < -0.4 is 10.6 Å². The fourth-order valence-electron chi connectivity index (χ4n) is 3.65. The third-order valence-corrected chi connectivity index (χ3v) is 5.43. The number of hydrogen-bond donors (Lipinski definition) is 2. The van der Waals surface area contributed by atoms with Gasteiger partial charge in [-0.15, -0.1) is 24.0 Å². The van der Waals surface area contributed by atoms with Gasteiger partial charge in [-0.1, -0.05) is 36.8 Å². The minimum absolute atomic E-state index is 0. The number of nitrogens with zero attached hydrogens (tertiary/aromatic N) is 3. The van der Waals surface area contributed by atoms with Crippen LogP contribution in [0.4, 0.5) is 0 Å². The summed E-state index contributed by atoms with van der Waals surface area (Å²) in [4.78, 5) is 11.3. The van der Waals surface area contributed by atoms with Crippen molar-refractivity contribution in [1.82, 2.24) is 20.5 Å². The summed E-state index contributed by atoms with van der Waals surface area (Å²) in [6.45, 7) is 6.22. The van der Waals surface area contributed by atoms with E-state index in [1.807, 2.05) is 24.4 Å². The van der Waals surface area contributed by atoms with Crippen molar-refractivity contribution >= 4 is 29.9 Å². The quantitative estimate of drug-likeness (QED) is 0.338. The summed E-state index contributed by atoms with van der Waals surface area (Å²) in [6, 6.07) is 15.7. The van der Waals surface area contributed by atoms with Crippen LogP contribution in [0.2, 0.25) is 0 Å². The lowest BCUT2D eigenvalue weighted by Gasteiger charge is -2.33. The standard InChI is InChI=1S/C23H33N5.HI/c1-19-7-4-6-16-28(19)18-21-11-9-20(10-12-21)17-27-23(24-2)26-15-13-22-8-3-5-14-25-22;/h3,5,8-12,14,19H,4,6-7,13,15-18H2,1-2H3,(H2,24,26,27);1H. The first kappa shape index (κ1) is 23.6. The molecule has 6 heteroatoms. The van der Waals surface area contributed by atoms with Gasteiger partial charge in [-0.2, -0.15) is 0 Å². The Hall–Kier alpha value is -1.67. The second-order valence-corrected chi connectivity index (χ2v) is 7.56. The highest BCUT2D eigenvalue weighted by molar-refractivity contribution is 14.0. The maximum absolute atomic E-state index is 4.35. The van der Waals surface area contributed by atoms with Gasteiger partial charge in [0.2, 0.25) is 0 Å². The summed E-state index contributed by atoms with van der Waals surface area (Å²) in [6.07, 6.45) is 6.75. The van der Waals surface area contributed by atoms with Gasteiger partial charge in [0.15, 0.2) is 5.96 Å². The lowest BCUT2D eigenvalue weighted by atomic mass is 10.0. The molecule has 0 bridgehead atoms. The van der Waals surface area contributed by atoms with Gasteiger partial charge in [-0.05, 0) is 49.6 Å². The first-order valence-corrected chi connectivity index (χ1v) is 10.4. The molecule has 0 aliphatic carbocycles. The molecule has 2 heterocycles. The van der Waals surface area contributed by atoms with E-state index < -0.39 is 0 Å². The van der Waals surface area contributed by atoms with Crippen molar-refractivity contribution in [2.24, 2.45) is 4.99 Å². The smallest absolute Gasteiger partial charge is 0.191 e. The summed E-state index contributed by atoms with van der Waals surface area (Å²) in [5.74, 6) is 0.821. The summed E-state index contributed by atoms with van der Waals surface area (Å²) >= 11 is 0. The topological polar surface area (TPSA) is 52.6 Å². The Bertz CT molecular complexity index is 733. The zero-order chi connectivity index (χ0) is 19.6. The van der Waals surface area contributed by atoms with E-state index in [2.05, 4.69) is 56.7 Å².